The number of imidazole rings is 1. The Hall–Kier alpha value is -1.64. The largest absolute Gasteiger partial charge is 0.319 e. The molecule has 1 aromatic carbocycles. The van der Waals surface area contributed by atoms with Gasteiger partial charge in [0.15, 0.2) is 12.1 Å². The zero-order chi connectivity index (χ0) is 12.5. The summed E-state index contributed by atoms with van der Waals surface area (Å²) in [5.74, 6) is 0.586. The number of fused-ring (bicyclic) bond motifs is 1. The van der Waals surface area contributed by atoms with Crippen molar-refractivity contribution in [2.24, 2.45) is 0 Å². The van der Waals surface area contributed by atoms with Crippen LogP contribution in [0, 0.1) is 6.92 Å². The van der Waals surface area contributed by atoms with Crippen LogP contribution in [-0.4, -0.2) is 15.8 Å². The lowest BCUT2D eigenvalue weighted by Crippen LogP contribution is -2.15. The number of aromatic nitrogens is 2. The van der Waals surface area contributed by atoms with Gasteiger partial charge in [-0.05, 0) is 37.5 Å². The van der Waals surface area contributed by atoms with Crippen molar-refractivity contribution in [2.75, 3.05) is 0 Å². The molecule has 0 atom stereocenters. The van der Waals surface area contributed by atoms with Gasteiger partial charge in [0.05, 0.1) is 11.0 Å². The summed E-state index contributed by atoms with van der Waals surface area (Å²) in [7, 11) is 0. The maximum atomic E-state index is 11.2. The van der Waals surface area contributed by atoms with E-state index in [2.05, 4.69) is 28.6 Å². The van der Waals surface area contributed by atoms with Crippen molar-refractivity contribution >= 4 is 17.3 Å². The van der Waals surface area contributed by atoms with Gasteiger partial charge in [-0.25, -0.2) is 4.98 Å². The lowest BCUT2D eigenvalue weighted by Gasteiger charge is -2.24. The second kappa shape index (κ2) is 4.56. The smallest absolute Gasteiger partial charge is 0.185 e. The monoisotopic (exact) mass is 242 g/mol. The predicted molar refractivity (Wildman–Crippen MR) is 72.0 cm³/mol. The predicted octanol–water partition coefficient (Wildman–Crippen LogP) is 3.66. The van der Waals surface area contributed by atoms with Gasteiger partial charge in [-0.15, -0.1) is 0 Å². The summed E-state index contributed by atoms with van der Waals surface area (Å²) in [6, 6.07) is 6.65. The van der Waals surface area contributed by atoms with Crippen molar-refractivity contribution in [3.63, 3.8) is 0 Å². The Kier molecular flexibility index (Phi) is 2.90. The topological polar surface area (TPSA) is 34.9 Å². The van der Waals surface area contributed by atoms with Crippen molar-refractivity contribution in [2.45, 2.75) is 45.1 Å². The minimum absolute atomic E-state index is 0.450. The molecular weight excluding hydrogens is 224 g/mol. The summed E-state index contributed by atoms with van der Waals surface area (Å²) in [5.41, 5.74) is 3.27. The van der Waals surface area contributed by atoms with Crippen LogP contribution in [0.5, 0.6) is 0 Å². The van der Waals surface area contributed by atoms with E-state index < -0.39 is 0 Å². The lowest BCUT2D eigenvalue weighted by atomic mass is 9.95. The average molecular weight is 242 g/mol. The standard InChI is InChI=1S/C15H18N2O/c1-11-7-8-13-14(9-11)17(15(10-18)16-13)12-5-3-2-4-6-12/h7-10,12H,2-6H2,1H3. The minimum Gasteiger partial charge on any atom is -0.319 e. The molecule has 0 unspecified atom stereocenters. The van der Waals surface area contributed by atoms with Crippen LogP contribution in [0.2, 0.25) is 0 Å². The molecule has 0 spiro atoms. The number of carbonyl (C=O) groups excluding carboxylic acids is 1. The number of benzene rings is 1. The van der Waals surface area contributed by atoms with Crippen molar-refractivity contribution in [3.8, 4) is 0 Å². The molecule has 18 heavy (non-hydrogen) atoms. The fourth-order valence-electron chi connectivity index (χ4n) is 3.03. The minimum atomic E-state index is 0.450. The molecule has 1 aliphatic rings. The molecule has 3 nitrogen and oxygen atoms in total. The Balaban J connectivity index is 2.17. The second-order valence-corrected chi connectivity index (χ2v) is 5.24. The van der Waals surface area contributed by atoms with Gasteiger partial charge in [-0.1, -0.05) is 25.3 Å². The molecule has 2 aromatic rings. The summed E-state index contributed by atoms with van der Waals surface area (Å²) >= 11 is 0. The Morgan fingerprint density at radius 1 is 1.28 bits per heavy atom. The van der Waals surface area contributed by atoms with Gasteiger partial charge in [0, 0.05) is 6.04 Å². The highest BCUT2D eigenvalue weighted by atomic mass is 16.1. The second-order valence-electron chi connectivity index (χ2n) is 5.24. The number of aryl methyl sites for hydroxylation is 1. The van der Waals surface area contributed by atoms with Crippen LogP contribution in [0.4, 0.5) is 0 Å². The van der Waals surface area contributed by atoms with E-state index >= 15 is 0 Å². The Bertz CT molecular complexity index is 579. The molecule has 0 radical (unpaired) electrons. The SMILES string of the molecule is Cc1ccc2nc(C=O)n(C3CCCCC3)c2c1. The molecule has 0 aliphatic heterocycles. The van der Waals surface area contributed by atoms with Crippen molar-refractivity contribution in [1.82, 2.24) is 9.55 Å². The molecular formula is C15H18N2O. The Morgan fingerprint density at radius 2 is 2.06 bits per heavy atom. The normalized spacial score (nSPS) is 17.2. The molecule has 3 rings (SSSR count). The number of carbonyl (C=O) groups is 1. The first-order valence-electron chi connectivity index (χ1n) is 6.73. The fraction of sp³-hybridized carbons (Fsp3) is 0.467. The van der Waals surface area contributed by atoms with Gasteiger partial charge in [-0.3, -0.25) is 4.79 Å². The van der Waals surface area contributed by atoms with Gasteiger partial charge in [0.2, 0.25) is 0 Å². The number of aldehydes is 1. The van der Waals surface area contributed by atoms with E-state index in [1.807, 2.05) is 6.07 Å². The Morgan fingerprint density at radius 3 is 2.78 bits per heavy atom. The Labute approximate surface area is 107 Å². The van der Waals surface area contributed by atoms with Crippen LogP contribution in [-0.2, 0) is 0 Å². The van der Waals surface area contributed by atoms with Crippen LogP contribution in [0.1, 0.15) is 54.3 Å². The van der Waals surface area contributed by atoms with Crippen LogP contribution in [0.25, 0.3) is 11.0 Å². The van der Waals surface area contributed by atoms with E-state index in [4.69, 9.17) is 0 Å². The fourth-order valence-corrected chi connectivity index (χ4v) is 3.03. The quantitative estimate of drug-likeness (QED) is 0.753. The van der Waals surface area contributed by atoms with Crippen LogP contribution in [0.3, 0.4) is 0 Å². The van der Waals surface area contributed by atoms with Gasteiger partial charge in [0.1, 0.15) is 0 Å². The number of nitrogens with zero attached hydrogens (tertiary/aromatic N) is 2. The third-order valence-corrected chi connectivity index (χ3v) is 3.92. The zero-order valence-electron chi connectivity index (χ0n) is 10.7. The number of hydrogen-bond acceptors (Lipinski definition) is 2. The zero-order valence-corrected chi connectivity index (χ0v) is 10.7. The molecule has 1 saturated carbocycles. The summed E-state index contributed by atoms with van der Waals surface area (Å²) in [5, 5.41) is 0. The van der Waals surface area contributed by atoms with Gasteiger partial charge in [-0.2, -0.15) is 0 Å². The van der Waals surface area contributed by atoms with Crippen molar-refractivity contribution in [1.29, 1.82) is 0 Å². The molecule has 0 N–H and O–H groups in total. The third kappa shape index (κ3) is 1.84. The van der Waals surface area contributed by atoms with Crippen molar-refractivity contribution < 1.29 is 4.79 Å². The summed E-state index contributed by atoms with van der Waals surface area (Å²) in [6.45, 7) is 2.08. The van der Waals surface area contributed by atoms with Gasteiger partial charge >= 0.3 is 0 Å². The van der Waals surface area contributed by atoms with Crippen molar-refractivity contribution in [3.05, 3.63) is 29.6 Å². The number of rotatable bonds is 2. The molecule has 3 heteroatoms. The molecule has 1 aliphatic carbocycles. The van der Waals surface area contributed by atoms with Crippen LogP contribution < -0.4 is 0 Å². The van der Waals surface area contributed by atoms with E-state index in [0.717, 1.165) is 17.3 Å². The van der Waals surface area contributed by atoms with Crippen LogP contribution >= 0.6 is 0 Å². The highest BCUT2D eigenvalue weighted by Gasteiger charge is 2.20. The van der Waals surface area contributed by atoms with Gasteiger partial charge < -0.3 is 4.57 Å². The van der Waals surface area contributed by atoms with E-state index in [0.29, 0.717) is 11.9 Å². The molecule has 1 heterocycles. The first-order valence-corrected chi connectivity index (χ1v) is 6.73. The molecule has 94 valence electrons. The molecule has 0 saturated heterocycles. The summed E-state index contributed by atoms with van der Waals surface area (Å²) in [4.78, 5) is 15.7. The maximum absolute atomic E-state index is 11.2. The van der Waals surface area contributed by atoms with E-state index in [1.54, 1.807) is 0 Å². The molecule has 1 aromatic heterocycles. The van der Waals surface area contributed by atoms with Gasteiger partial charge in [0.25, 0.3) is 0 Å². The summed E-state index contributed by atoms with van der Waals surface area (Å²) < 4.78 is 2.16. The average Bonchev–Trinajstić information content (AvgIpc) is 2.77. The third-order valence-electron chi connectivity index (χ3n) is 3.92. The first kappa shape index (κ1) is 11.5. The summed E-state index contributed by atoms with van der Waals surface area (Å²) in [6.07, 6.45) is 7.06. The number of hydrogen-bond donors (Lipinski definition) is 0. The highest BCUT2D eigenvalue weighted by Crippen LogP contribution is 2.32. The van der Waals surface area contributed by atoms with E-state index in [-0.39, 0.29) is 0 Å². The maximum Gasteiger partial charge on any atom is 0.185 e. The van der Waals surface area contributed by atoms with Crippen LogP contribution in [0.15, 0.2) is 18.2 Å². The molecule has 0 amide bonds. The molecule has 1 fully saturated rings. The first-order chi connectivity index (χ1) is 8.79. The highest BCUT2D eigenvalue weighted by molar-refractivity contribution is 5.83. The van der Waals surface area contributed by atoms with E-state index in [1.165, 1.54) is 37.7 Å². The lowest BCUT2D eigenvalue weighted by molar-refractivity contribution is 0.110. The van der Waals surface area contributed by atoms with E-state index in [9.17, 15) is 4.79 Å². The molecule has 0 bridgehead atoms.